The van der Waals surface area contributed by atoms with E-state index in [4.69, 9.17) is 0 Å². The summed E-state index contributed by atoms with van der Waals surface area (Å²) in [5, 5.41) is 9.44. The van der Waals surface area contributed by atoms with E-state index in [0.29, 0.717) is 5.56 Å². The van der Waals surface area contributed by atoms with Crippen LogP contribution in [0.15, 0.2) is 78.9 Å². The van der Waals surface area contributed by atoms with Crippen molar-refractivity contribution < 1.29 is 9.90 Å². The van der Waals surface area contributed by atoms with E-state index in [-0.39, 0.29) is 0 Å². The Morgan fingerprint density at radius 1 is 0.786 bits per heavy atom. The van der Waals surface area contributed by atoms with E-state index in [9.17, 15) is 9.90 Å². The van der Waals surface area contributed by atoms with E-state index in [0.717, 1.165) is 38.4 Å². The van der Waals surface area contributed by atoms with Crippen molar-refractivity contribution in [2.75, 3.05) is 31.1 Å². The van der Waals surface area contributed by atoms with Crippen molar-refractivity contribution in [3.63, 3.8) is 0 Å². The molecule has 1 aliphatic rings. The number of carbonyl (C=O) groups is 1. The maximum Gasteiger partial charge on any atom is 0.337 e. The zero-order chi connectivity index (χ0) is 19.3. The van der Waals surface area contributed by atoms with Gasteiger partial charge in [-0.05, 0) is 28.8 Å². The highest BCUT2D eigenvalue weighted by Gasteiger charge is 2.21. The molecular formula is C24H24N2O2. The quantitative estimate of drug-likeness (QED) is 0.722. The number of carboxylic acids is 1. The van der Waals surface area contributed by atoms with Crippen LogP contribution in [0, 0.1) is 0 Å². The van der Waals surface area contributed by atoms with Gasteiger partial charge < -0.3 is 10.0 Å². The maximum atomic E-state index is 11.5. The Balaban J connectivity index is 1.46. The second-order valence-electron chi connectivity index (χ2n) is 7.11. The first-order valence-electron chi connectivity index (χ1n) is 9.65. The van der Waals surface area contributed by atoms with Gasteiger partial charge in [0.25, 0.3) is 0 Å². The second kappa shape index (κ2) is 8.28. The number of hydrogen-bond donors (Lipinski definition) is 1. The summed E-state index contributed by atoms with van der Waals surface area (Å²) in [6.45, 7) is 4.39. The molecule has 3 aromatic carbocycles. The highest BCUT2D eigenvalue weighted by molar-refractivity contribution is 5.94. The van der Waals surface area contributed by atoms with Crippen molar-refractivity contribution in [1.82, 2.24) is 4.90 Å². The first-order valence-corrected chi connectivity index (χ1v) is 9.65. The van der Waals surface area contributed by atoms with E-state index >= 15 is 0 Å². The van der Waals surface area contributed by atoms with Crippen LogP contribution in [0.3, 0.4) is 0 Å². The zero-order valence-electron chi connectivity index (χ0n) is 15.8. The normalized spacial score (nSPS) is 14.8. The molecule has 0 bridgehead atoms. The molecule has 0 atom stereocenters. The second-order valence-corrected chi connectivity index (χ2v) is 7.11. The van der Waals surface area contributed by atoms with Crippen LogP contribution in [-0.2, 0) is 6.54 Å². The molecular weight excluding hydrogens is 348 g/mol. The summed E-state index contributed by atoms with van der Waals surface area (Å²) in [6, 6.07) is 26.3. The van der Waals surface area contributed by atoms with Crippen LogP contribution in [0.1, 0.15) is 15.9 Å². The average Bonchev–Trinajstić information content (AvgIpc) is 2.75. The standard InChI is InChI=1S/C24H24N2O2/c27-24(28)22-12-6-7-13-23(22)26-16-14-25(15-17-26)18-20-10-4-5-11-21(20)19-8-2-1-3-9-19/h1-13H,14-18H2,(H,27,28). The van der Waals surface area contributed by atoms with Crippen molar-refractivity contribution >= 4 is 11.7 Å². The van der Waals surface area contributed by atoms with E-state index in [1.807, 2.05) is 18.2 Å². The van der Waals surface area contributed by atoms with Crippen LogP contribution in [-0.4, -0.2) is 42.2 Å². The Bertz CT molecular complexity index is 948. The number of carboxylic acid groups (broad SMARTS) is 1. The molecule has 4 rings (SSSR count). The lowest BCUT2D eigenvalue weighted by atomic mass is 9.99. The smallest absolute Gasteiger partial charge is 0.337 e. The molecule has 0 saturated carbocycles. The molecule has 1 aliphatic heterocycles. The lowest BCUT2D eigenvalue weighted by Gasteiger charge is -2.37. The molecule has 142 valence electrons. The van der Waals surface area contributed by atoms with Gasteiger partial charge in [0.05, 0.1) is 11.3 Å². The number of para-hydroxylation sites is 1. The summed E-state index contributed by atoms with van der Waals surface area (Å²) in [5.74, 6) is -0.866. The van der Waals surface area contributed by atoms with Gasteiger partial charge >= 0.3 is 5.97 Å². The van der Waals surface area contributed by atoms with Crippen LogP contribution in [0.4, 0.5) is 5.69 Å². The number of benzene rings is 3. The fraction of sp³-hybridized carbons (Fsp3) is 0.208. The molecule has 0 spiro atoms. The van der Waals surface area contributed by atoms with Crippen LogP contribution >= 0.6 is 0 Å². The lowest BCUT2D eigenvalue weighted by Crippen LogP contribution is -2.46. The van der Waals surface area contributed by atoms with Gasteiger partial charge in [0, 0.05) is 32.7 Å². The molecule has 0 amide bonds. The highest BCUT2D eigenvalue weighted by atomic mass is 16.4. The SMILES string of the molecule is O=C(O)c1ccccc1N1CCN(Cc2ccccc2-c2ccccc2)CC1. The van der Waals surface area contributed by atoms with Crippen molar-refractivity contribution in [2.24, 2.45) is 0 Å². The van der Waals surface area contributed by atoms with Gasteiger partial charge in [-0.25, -0.2) is 4.79 Å². The number of anilines is 1. The van der Waals surface area contributed by atoms with Crippen LogP contribution in [0.5, 0.6) is 0 Å². The number of rotatable bonds is 5. The minimum absolute atomic E-state index is 0.380. The van der Waals surface area contributed by atoms with E-state index in [1.165, 1.54) is 16.7 Å². The molecule has 1 N–H and O–H groups in total. The highest BCUT2D eigenvalue weighted by Crippen LogP contribution is 2.26. The Morgan fingerprint density at radius 2 is 1.43 bits per heavy atom. The fourth-order valence-electron chi connectivity index (χ4n) is 3.88. The third-order valence-corrected chi connectivity index (χ3v) is 5.34. The molecule has 1 saturated heterocycles. The van der Waals surface area contributed by atoms with Crippen molar-refractivity contribution in [1.29, 1.82) is 0 Å². The lowest BCUT2D eigenvalue weighted by molar-refractivity contribution is 0.0697. The monoisotopic (exact) mass is 372 g/mol. The predicted molar refractivity (Wildman–Crippen MR) is 113 cm³/mol. The Morgan fingerprint density at radius 3 is 2.18 bits per heavy atom. The van der Waals surface area contributed by atoms with E-state index < -0.39 is 5.97 Å². The van der Waals surface area contributed by atoms with Gasteiger partial charge in [-0.1, -0.05) is 66.7 Å². The maximum absolute atomic E-state index is 11.5. The van der Waals surface area contributed by atoms with Crippen molar-refractivity contribution in [2.45, 2.75) is 6.54 Å². The summed E-state index contributed by atoms with van der Waals surface area (Å²) in [7, 11) is 0. The van der Waals surface area contributed by atoms with Crippen LogP contribution in [0.25, 0.3) is 11.1 Å². The minimum Gasteiger partial charge on any atom is -0.478 e. The average molecular weight is 372 g/mol. The first kappa shape index (κ1) is 18.3. The Labute approximate surface area is 165 Å². The number of hydrogen-bond acceptors (Lipinski definition) is 3. The molecule has 28 heavy (non-hydrogen) atoms. The molecule has 0 radical (unpaired) electrons. The number of piperazine rings is 1. The molecule has 3 aromatic rings. The zero-order valence-corrected chi connectivity index (χ0v) is 15.8. The topological polar surface area (TPSA) is 43.8 Å². The molecule has 0 unspecified atom stereocenters. The molecule has 0 aromatic heterocycles. The summed E-state index contributed by atoms with van der Waals surface area (Å²) >= 11 is 0. The van der Waals surface area contributed by atoms with Crippen LogP contribution < -0.4 is 4.90 Å². The largest absolute Gasteiger partial charge is 0.478 e. The first-order chi connectivity index (χ1) is 13.7. The van der Waals surface area contributed by atoms with Crippen LogP contribution in [0.2, 0.25) is 0 Å². The summed E-state index contributed by atoms with van der Waals surface area (Å²) in [4.78, 5) is 16.1. The molecule has 0 aliphatic carbocycles. The summed E-state index contributed by atoms with van der Waals surface area (Å²) < 4.78 is 0. The van der Waals surface area contributed by atoms with Crippen molar-refractivity contribution in [3.05, 3.63) is 90.0 Å². The van der Waals surface area contributed by atoms with Gasteiger partial charge in [0.15, 0.2) is 0 Å². The van der Waals surface area contributed by atoms with Crippen molar-refractivity contribution in [3.8, 4) is 11.1 Å². The van der Waals surface area contributed by atoms with Gasteiger partial charge in [-0.3, -0.25) is 4.90 Å². The van der Waals surface area contributed by atoms with Gasteiger partial charge in [0.2, 0.25) is 0 Å². The molecule has 4 nitrogen and oxygen atoms in total. The minimum atomic E-state index is -0.866. The Hall–Kier alpha value is -3.11. The predicted octanol–water partition coefficient (Wildman–Crippen LogP) is 4.37. The third kappa shape index (κ3) is 3.92. The van der Waals surface area contributed by atoms with Gasteiger partial charge in [0.1, 0.15) is 0 Å². The van der Waals surface area contributed by atoms with E-state index in [2.05, 4.69) is 58.3 Å². The molecule has 1 heterocycles. The summed E-state index contributed by atoms with van der Waals surface area (Å²) in [6.07, 6.45) is 0. The third-order valence-electron chi connectivity index (χ3n) is 5.34. The van der Waals surface area contributed by atoms with E-state index in [1.54, 1.807) is 12.1 Å². The van der Waals surface area contributed by atoms with Gasteiger partial charge in [-0.15, -0.1) is 0 Å². The number of nitrogens with zero attached hydrogens (tertiary/aromatic N) is 2. The van der Waals surface area contributed by atoms with Gasteiger partial charge in [-0.2, -0.15) is 0 Å². The molecule has 4 heteroatoms. The fourth-order valence-corrected chi connectivity index (χ4v) is 3.88. The number of aromatic carboxylic acids is 1. The Kier molecular flexibility index (Phi) is 5.40. The summed E-state index contributed by atoms with van der Waals surface area (Å²) in [5.41, 5.74) is 5.05. The molecule has 1 fully saturated rings.